The predicted octanol–water partition coefficient (Wildman–Crippen LogP) is 5.39. The molecule has 1 amide bonds. The maximum atomic E-state index is 13.5. The van der Waals surface area contributed by atoms with Gasteiger partial charge in [0.1, 0.15) is 0 Å². The normalized spacial score (nSPS) is 11.3. The summed E-state index contributed by atoms with van der Waals surface area (Å²) in [4.78, 5) is 13.1. The molecule has 0 saturated carbocycles. The standard InChI is InChI=1S/C25H28N2O3S/c1-6-27(22-10-8-7-9-11-22)31(29,30)23-16-21(13-12-18(23)3)25(28)26-24-19(4)14-17(2)15-20(24)5/h7-16H,6H2,1-5H3,(H,26,28). The van der Waals surface area contributed by atoms with Gasteiger partial charge in [-0.15, -0.1) is 0 Å². The van der Waals surface area contributed by atoms with Crippen LogP contribution < -0.4 is 9.62 Å². The van der Waals surface area contributed by atoms with Crippen LogP contribution in [0.1, 0.15) is 39.5 Å². The summed E-state index contributed by atoms with van der Waals surface area (Å²) >= 11 is 0. The first-order chi connectivity index (χ1) is 14.6. The zero-order chi connectivity index (χ0) is 22.8. The number of nitrogens with zero attached hydrogens (tertiary/aromatic N) is 1. The fraction of sp³-hybridized carbons (Fsp3) is 0.240. The van der Waals surface area contributed by atoms with Crippen LogP contribution in [-0.4, -0.2) is 20.9 Å². The number of hydrogen-bond acceptors (Lipinski definition) is 3. The highest BCUT2D eigenvalue weighted by Gasteiger charge is 2.26. The van der Waals surface area contributed by atoms with Gasteiger partial charge in [0.25, 0.3) is 15.9 Å². The van der Waals surface area contributed by atoms with E-state index in [0.29, 0.717) is 16.8 Å². The summed E-state index contributed by atoms with van der Waals surface area (Å²) in [5.74, 6) is -0.339. The van der Waals surface area contributed by atoms with Crippen molar-refractivity contribution in [3.8, 4) is 0 Å². The summed E-state index contributed by atoms with van der Waals surface area (Å²) in [6.45, 7) is 9.71. The molecule has 0 aliphatic rings. The Morgan fingerprint density at radius 1 is 0.871 bits per heavy atom. The van der Waals surface area contributed by atoms with Gasteiger partial charge in [0.15, 0.2) is 0 Å². The Bertz CT molecular complexity index is 1200. The Kier molecular flexibility index (Phi) is 6.51. The molecule has 0 aliphatic heterocycles. The number of sulfonamides is 1. The van der Waals surface area contributed by atoms with Crippen molar-refractivity contribution in [3.63, 3.8) is 0 Å². The largest absolute Gasteiger partial charge is 0.322 e. The molecule has 0 spiro atoms. The molecule has 3 aromatic carbocycles. The maximum Gasteiger partial charge on any atom is 0.264 e. The van der Waals surface area contributed by atoms with Crippen LogP contribution in [0.15, 0.2) is 65.6 Å². The first kappa shape index (κ1) is 22.6. The van der Waals surface area contributed by atoms with Gasteiger partial charge in [-0.3, -0.25) is 9.10 Å². The van der Waals surface area contributed by atoms with E-state index < -0.39 is 10.0 Å². The SMILES string of the molecule is CCN(c1ccccc1)S(=O)(=O)c1cc(C(=O)Nc2c(C)cc(C)cc2C)ccc1C. The second-order valence-corrected chi connectivity index (χ2v) is 9.54. The Morgan fingerprint density at radius 3 is 2.06 bits per heavy atom. The molecule has 6 heteroatoms. The van der Waals surface area contributed by atoms with E-state index in [9.17, 15) is 13.2 Å². The van der Waals surface area contributed by atoms with Gasteiger partial charge in [0.05, 0.1) is 10.6 Å². The Morgan fingerprint density at radius 2 is 1.48 bits per heavy atom. The Balaban J connectivity index is 1.99. The smallest absolute Gasteiger partial charge is 0.264 e. The molecule has 0 saturated heterocycles. The molecule has 5 nitrogen and oxygen atoms in total. The van der Waals surface area contributed by atoms with Crippen molar-refractivity contribution in [3.05, 3.63) is 88.5 Å². The zero-order valence-corrected chi connectivity index (χ0v) is 19.4. The van der Waals surface area contributed by atoms with Crippen LogP contribution in [0.4, 0.5) is 11.4 Å². The molecule has 3 rings (SSSR count). The van der Waals surface area contributed by atoms with Crippen molar-refractivity contribution < 1.29 is 13.2 Å². The molecule has 0 heterocycles. The van der Waals surface area contributed by atoms with Gasteiger partial charge in [0, 0.05) is 17.8 Å². The summed E-state index contributed by atoms with van der Waals surface area (Å²) in [5.41, 5.74) is 5.28. The molecule has 0 bridgehead atoms. The minimum absolute atomic E-state index is 0.128. The van der Waals surface area contributed by atoms with Gasteiger partial charge >= 0.3 is 0 Å². The summed E-state index contributed by atoms with van der Waals surface area (Å²) in [6, 6.07) is 17.8. The minimum atomic E-state index is -3.83. The zero-order valence-electron chi connectivity index (χ0n) is 18.6. The van der Waals surface area contributed by atoms with Crippen LogP contribution in [-0.2, 0) is 10.0 Å². The van der Waals surface area contributed by atoms with Gasteiger partial charge in [-0.1, -0.05) is 42.0 Å². The van der Waals surface area contributed by atoms with Gasteiger partial charge < -0.3 is 5.32 Å². The third kappa shape index (κ3) is 4.64. The first-order valence-electron chi connectivity index (χ1n) is 10.2. The number of para-hydroxylation sites is 1. The third-order valence-corrected chi connectivity index (χ3v) is 7.31. The Labute approximate surface area is 184 Å². The molecule has 31 heavy (non-hydrogen) atoms. The van der Waals surface area contributed by atoms with Crippen LogP contribution in [0.2, 0.25) is 0 Å². The van der Waals surface area contributed by atoms with E-state index in [2.05, 4.69) is 5.32 Å². The average molecular weight is 437 g/mol. The van der Waals surface area contributed by atoms with Crippen molar-refractivity contribution in [2.45, 2.75) is 39.5 Å². The first-order valence-corrected chi connectivity index (χ1v) is 11.7. The maximum absolute atomic E-state index is 13.5. The highest BCUT2D eigenvalue weighted by Crippen LogP contribution is 2.27. The highest BCUT2D eigenvalue weighted by atomic mass is 32.2. The number of rotatable bonds is 6. The number of benzene rings is 3. The number of nitrogens with one attached hydrogen (secondary N) is 1. The molecule has 162 valence electrons. The van der Waals surface area contributed by atoms with Crippen LogP contribution in [0, 0.1) is 27.7 Å². The van der Waals surface area contributed by atoms with E-state index in [0.717, 1.165) is 22.4 Å². The Hall–Kier alpha value is -3.12. The van der Waals surface area contributed by atoms with E-state index in [4.69, 9.17) is 0 Å². The molecule has 0 atom stereocenters. The van der Waals surface area contributed by atoms with Crippen molar-refractivity contribution in [1.82, 2.24) is 0 Å². The molecular weight excluding hydrogens is 408 g/mol. The molecule has 0 radical (unpaired) electrons. The molecule has 0 aromatic heterocycles. The van der Waals surface area contributed by atoms with E-state index in [1.54, 1.807) is 50.2 Å². The summed E-state index contributed by atoms with van der Waals surface area (Å²) < 4.78 is 28.3. The molecule has 3 aromatic rings. The summed E-state index contributed by atoms with van der Waals surface area (Å²) in [5, 5.41) is 2.95. The van der Waals surface area contributed by atoms with E-state index >= 15 is 0 Å². The van der Waals surface area contributed by atoms with Gasteiger partial charge in [-0.25, -0.2) is 8.42 Å². The second kappa shape index (κ2) is 8.94. The van der Waals surface area contributed by atoms with Crippen LogP contribution in [0.3, 0.4) is 0 Å². The van der Waals surface area contributed by atoms with Crippen molar-refractivity contribution in [2.75, 3.05) is 16.2 Å². The minimum Gasteiger partial charge on any atom is -0.322 e. The molecule has 0 unspecified atom stereocenters. The van der Waals surface area contributed by atoms with Crippen molar-refractivity contribution in [1.29, 1.82) is 0 Å². The second-order valence-electron chi connectivity index (χ2n) is 7.71. The predicted molar refractivity (Wildman–Crippen MR) is 126 cm³/mol. The highest BCUT2D eigenvalue weighted by molar-refractivity contribution is 7.92. The molecular formula is C25H28N2O3S. The summed E-state index contributed by atoms with van der Waals surface area (Å²) in [7, 11) is -3.83. The number of carbonyl (C=O) groups is 1. The quantitative estimate of drug-likeness (QED) is 0.563. The van der Waals surface area contributed by atoms with Crippen LogP contribution in [0.25, 0.3) is 0 Å². The third-order valence-electron chi connectivity index (χ3n) is 5.27. The lowest BCUT2D eigenvalue weighted by atomic mass is 10.0. The lowest BCUT2D eigenvalue weighted by Gasteiger charge is -2.24. The number of hydrogen-bond donors (Lipinski definition) is 1. The monoisotopic (exact) mass is 436 g/mol. The van der Waals surface area contributed by atoms with E-state index in [-0.39, 0.29) is 17.3 Å². The fourth-order valence-electron chi connectivity index (χ4n) is 3.79. The lowest BCUT2D eigenvalue weighted by molar-refractivity contribution is 0.102. The number of amides is 1. The van der Waals surface area contributed by atoms with Crippen molar-refractivity contribution in [2.24, 2.45) is 0 Å². The lowest BCUT2D eigenvalue weighted by Crippen LogP contribution is -2.31. The topological polar surface area (TPSA) is 66.5 Å². The average Bonchev–Trinajstić information content (AvgIpc) is 2.71. The van der Waals surface area contributed by atoms with Crippen molar-refractivity contribution >= 4 is 27.3 Å². The van der Waals surface area contributed by atoms with Gasteiger partial charge in [0.2, 0.25) is 0 Å². The molecule has 0 fully saturated rings. The van der Waals surface area contributed by atoms with E-state index in [1.807, 2.05) is 39.0 Å². The molecule has 0 aliphatic carbocycles. The van der Waals surface area contributed by atoms with Gasteiger partial charge in [-0.05, 0) is 75.6 Å². The summed E-state index contributed by atoms with van der Waals surface area (Å²) in [6.07, 6.45) is 0. The van der Waals surface area contributed by atoms with Gasteiger partial charge in [-0.2, -0.15) is 0 Å². The number of anilines is 2. The van der Waals surface area contributed by atoms with E-state index in [1.165, 1.54) is 10.4 Å². The van der Waals surface area contributed by atoms with Crippen LogP contribution >= 0.6 is 0 Å². The number of aryl methyl sites for hydroxylation is 4. The van der Waals surface area contributed by atoms with Crippen LogP contribution in [0.5, 0.6) is 0 Å². The fourth-order valence-corrected chi connectivity index (χ4v) is 5.51. The molecule has 1 N–H and O–H groups in total. The number of carbonyl (C=O) groups excluding carboxylic acids is 1.